The molecule has 2 bridgehead atoms. The highest BCUT2D eigenvalue weighted by Crippen LogP contribution is 2.42. The van der Waals surface area contributed by atoms with Crippen LogP contribution in [0.25, 0.3) is 0 Å². The van der Waals surface area contributed by atoms with Crippen molar-refractivity contribution in [1.29, 1.82) is 0 Å². The van der Waals surface area contributed by atoms with E-state index < -0.39 is 0 Å². The Kier molecular flexibility index (Phi) is 4.74. The Bertz CT molecular complexity index is 804. The molecule has 26 heavy (non-hydrogen) atoms. The third kappa shape index (κ3) is 3.03. The predicted octanol–water partition coefficient (Wildman–Crippen LogP) is 5.16. The van der Waals surface area contributed by atoms with E-state index in [0.29, 0.717) is 34.4 Å². The number of halogens is 2. The normalized spacial score (nSPS) is 28.3. The molecule has 2 aliphatic carbocycles. The average molecular weight is 394 g/mol. The summed E-state index contributed by atoms with van der Waals surface area (Å²) < 4.78 is 6.11. The number of carbonyl (C=O) groups is 2. The van der Waals surface area contributed by atoms with Crippen molar-refractivity contribution in [1.82, 2.24) is 0 Å². The number of benzene rings is 1. The van der Waals surface area contributed by atoms with Crippen LogP contribution in [0.15, 0.2) is 23.8 Å². The van der Waals surface area contributed by atoms with E-state index in [4.69, 9.17) is 27.9 Å². The zero-order valence-corrected chi connectivity index (χ0v) is 16.1. The minimum absolute atomic E-state index is 0.0939. The number of imide groups is 1. The quantitative estimate of drug-likeness (QED) is 0.666. The summed E-state index contributed by atoms with van der Waals surface area (Å²) >= 11 is 12.7. The third-order valence-corrected chi connectivity index (χ3v) is 6.28. The Balaban J connectivity index is 1.70. The van der Waals surface area contributed by atoms with Crippen molar-refractivity contribution in [2.75, 3.05) is 4.90 Å². The van der Waals surface area contributed by atoms with Crippen LogP contribution < -0.4 is 9.64 Å². The molecular formula is C20H21Cl2NO3. The highest BCUT2D eigenvalue weighted by Gasteiger charge is 2.39. The highest BCUT2D eigenvalue weighted by molar-refractivity contribution is 6.39. The van der Waals surface area contributed by atoms with E-state index in [9.17, 15) is 9.59 Å². The number of hydrogen-bond donors (Lipinski definition) is 0. The lowest BCUT2D eigenvalue weighted by molar-refractivity contribution is -0.128. The summed E-state index contributed by atoms with van der Waals surface area (Å²) in [6, 6.07) is 3.21. The molecule has 0 N–H and O–H groups in total. The van der Waals surface area contributed by atoms with Crippen LogP contribution in [0.5, 0.6) is 5.75 Å². The van der Waals surface area contributed by atoms with Crippen LogP contribution in [0, 0.1) is 11.8 Å². The maximum Gasteiger partial charge on any atom is 0.260 e. The van der Waals surface area contributed by atoms with Gasteiger partial charge in [-0.2, -0.15) is 0 Å². The maximum atomic E-state index is 12.8. The van der Waals surface area contributed by atoms with Crippen LogP contribution >= 0.6 is 23.2 Å². The summed E-state index contributed by atoms with van der Waals surface area (Å²) in [5, 5.41) is 0.679. The molecule has 1 saturated carbocycles. The lowest BCUT2D eigenvalue weighted by atomic mass is 9.85. The van der Waals surface area contributed by atoms with E-state index in [1.54, 1.807) is 12.1 Å². The molecule has 0 saturated heterocycles. The van der Waals surface area contributed by atoms with E-state index in [2.05, 4.69) is 6.92 Å². The highest BCUT2D eigenvalue weighted by atomic mass is 35.5. The van der Waals surface area contributed by atoms with Crippen LogP contribution in [0.1, 0.15) is 45.4 Å². The molecule has 4 rings (SSSR count). The standard InChI is InChI=1S/C20H21Cl2NO3/c1-11-4-2-7-17(11)26-18-10-16(14(21)9-15(18)22)23-19(24)12-5-3-6-13(8-12)20(23)25/h8-12,17H,2-7H2,1H3. The zero-order chi connectivity index (χ0) is 18.4. The molecule has 3 atom stereocenters. The van der Waals surface area contributed by atoms with Gasteiger partial charge in [-0.25, -0.2) is 4.90 Å². The summed E-state index contributed by atoms with van der Waals surface area (Å²) in [7, 11) is 0. The van der Waals surface area contributed by atoms with Crippen LogP contribution in [0.2, 0.25) is 10.0 Å². The van der Waals surface area contributed by atoms with Gasteiger partial charge in [0.2, 0.25) is 5.91 Å². The number of nitrogens with zero attached hydrogens (tertiary/aromatic N) is 1. The van der Waals surface area contributed by atoms with Gasteiger partial charge in [0.25, 0.3) is 5.91 Å². The Morgan fingerprint density at radius 1 is 1.08 bits per heavy atom. The molecule has 3 aliphatic rings. The first-order valence-corrected chi connectivity index (χ1v) is 9.96. The Morgan fingerprint density at radius 2 is 1.88 bits per heavy atom. The summed E-state index contributed by atoms with van der Waals surface area (Å²) in [4.78, 5) is 26.8. The van der Waals surface area contributed by atoms with Crippen molar-refractivity contribution < 1.29 is 14.3 Å². The molecule has 138 valence electrons. The van der Waals surface area contributed by atoms with Gasteiger partial charge in [0.05, 0.1) is 21.7 Å². The molecule has 1 aromatic carbocycles. The number of hydrogen-bond acceptors (Lipinski definition) is 3. The molecule has 1 heterocycles. The summed E-state index contributed by atoms with van der Waals surface area (Å²) in [6.45, 7) is 2.16. The lowest BCUT2D eigenvalue weighted by Gasteiger charge is -2.34. The van der Waals surface area contributed by atoms with E-state index in [1.807, 2.05) is 6.08 Å². The van der Waals surface area contributed by atoms with Crippen LogP contribution in [-0.2, 0) is 9.59 Å². The van der Waals surface area contributed by atoms with Crippen molar-refractivity contribution in [3.63, 3.8) is 0 Å². The molecule has 0 spiro atoms. The second kappa shape index (κ2) is 6.90. The predicted molar refractivity (Wildman–Crippen MR) is 102 cm³/mol. The number of amides is 2. The summed E-state index contributed by atoms with van der Waals surface area (Å²) in [6.07, 6.45) is 7.47. The topological polar surface area (TPSA) is 46.6 Å². The second-order valence-electron chi connectivity index (χ2n) is 7.47. The first kappa shape index (κ1) is 17.9. The molecule has 1 aromatic rings. The van der Waals surface area contributed by atoms with Gasteiger partial charge in [0.15, 0.2) is 0 Å². The van der Waals surface area contributed by atoms with Gasteiger partial charge in [-0.3, -0.25) is 9.59 Å². The van der Waals surface area contributed by atoms with E-state index in [0.717, 1.165) is 32.1 Å². The molecule has 6 heteroatoms. The SMILES string of the molecule is CC1CCCC1Oc1cc(N2C(=O)C3=CC(CCC3)C2=O)c(Cl)cc1Cl. The van der Waals surface area contributed by atoms with Crippen LogP contribution in [0.4, 0.5) is 5.69 Å². The van der Waals surface area contributed by atoms with Crippen molar-refractivity contribution in [2.24, 2.45) is 11.8 Å². The fraction of sp³-hybridized carbons (Fsp3) is 0.500. The minimum atomic E-state index is -0.282. The van der Waals surface area contributed by atoms with E-state index in [1.165, 1.54) is 4.90 Å². The monoisotopic (exact) mass is 393 g/mol. The summed E-state index contributed by atoms with van der Waals surface area (Å²) in [5.74, 6) is 0.184. The van der Waals surface area contributed by atoms with Crippen LogP contribution in [-0.4, -0.2) is 17.9 Å². The largest absolute Gasteiger partial charge is 0.489 e. The van der Waals surface area contributed by atoms with Crippen molar-refractivity contribution >= 4 is 40.7 Å². The van der Waals surface area contributed by atoms with Gasteiger partial charge in [-0.15, -0.1) is 0 Å². The smallest absolute Gasteiger partial charge is 0.260 e. The zero-order valence-electron chi connectivity index (χ0n) is 14.6. The van der Waals surface area contributed by atoms with E-state index >= 15 is 0 Å². The first-order chi connectivity index (χ1) is 12.5. The fourth-order valence-corrected chi connectivity index (χ4v) is 4.67. The van der Waals surface area contributed by atoms with Gasteiger partial charge < -0.3 is 4.74 Å². The molecule has 2 amide bonds. The van der Waals surface area contributed by atoms with Gasteiger partial charge in [0.1, 0.15) is 11.9 Å². The fourth-order valence-electron chi connectivity index (χ4n) is 4.16. The third-order valence-electron chi connectivity index (χ3n) is 5.68. The lowest BCUT2D eigenvalue weighted by Crippen LogP contribution is -2.46. The number of anilines is 1. The molecule has 1 aliphatic heterocycles. The number of fused-ring (bicyclic) bond motifs is 1. The van der Waals surface area contributed by atoms with Gasteiger partial charge in [0, 0.05) is 11.6 Å². The maximum absolute atomic E-state index is 12.8. The van der Waals surface area contributed by atoms with Crippen LogP contribution in [0.3, 0.4) is 0 Å². The molecule has 4 nitrogen and oxygen atoms in total. The van der Waals surface area contributed by atoms with E-state index in [-0.39, 0.29) is 28.9 Å². The Morgan fingerprint density at radius 3 is 2.62 bits per heavy atom. The second-order valence-corrected chi connectivity index (χ2v) is 8.28. The summed E-state index contributed by atoms with van der Waals surface area (Å²) in [5.41, 5.74) is 1.06. The first-order valence-electron chi connectivity index (χ1n) is 9.20. The number of ether oxygens (including phenoxy) is 1. The molecular weight excluding hydrogens is 373 g/mol. The molecule has 1 fully saturated rings. The number of rotatable bonds is 3. The molecule has 0 radical (unpaired) electrons. The van der Waals surface area contributed by atoms with Crippen molar-refractivity contribution in [3.05, 3.63) is 33.8 Å². The molecule has 3 unspecified atom stereocenters. The average Bonchev–Trinajstić information content (AvgIpc) is 3.02. The van der Waals surface area contributed by atoms with Gasteiger partial charge >= 0.3 is 0 Å². The number of carbonyl (C=O) groups excluding carboxylic acids is 2. The Hall–Kier alpha value is -1.52. The minimum Gasteiger partial charge on any atom is -0.489 e. The molecule has 0 aromatic heterocycles. The van der Waals surface area contributed by atoms with Crippen molar-refractivity contribution in [3.8, 4) is 5.75 Å². The van der Waals surface area contributed by atoms with Crippen molar-refractivity contribution in [2.45, 2.75) is 51.6 Å². The Labute approximate surface area is 163 Å². The van der Waals surface area contributed by atoms with Gasteiger partial charge in [-0.1, -0.05) is 36.2 Å². The van der Waals surface area contributed by atoms with Gasteiger partial charge in [-0.05, 0) is 50.5 Å².